The van der Waals surface area contributed by atoms with Crippen molar-refractivity contribution < 1.29 is 9.18 Å². The lowest BCUT2D eigenvalue weighted by molar-refractivity contribution is 0.0959. The Morgan fingerprint density at radius 1 is 1.24 bits per heavy atom. The van der Waals surface area contributed by atoms with E-state index in [0.717, 1.165) is 43.1 Å². The van der Waals surface area contributed by atoms with Crippen molar-refractivity contribution in [1.82, 2.24) is 15.6 Å². The molecule has 3 heterocycles. The van der Waals surface area contributed by atoms with Gasteiger partial charge in [-0.15, -0.1) is 11.3 Å². The van der Waals surface area contributed by atoms with Gasteiger partial charge in [0.1, 0.15) is 9.71 Å². The zero-order chi connectivity index (χ0) is 20.4. The number of aromatic nitrogens is 1. The third kappa shape index (κ3) is 4.10. The number of thiophene rings is 1. The summed E-state index contributed by atoms with van der Waals surface area (Å²) in [6.07, 6.45) is 0.707. The minimum absolute atomic E-state index is 0.199. The summed E-state index contributed by atoms with van der Waals surface area (Å²) in [6.45, 7) is 4.50. The average Bonchev–Trinajstić information content (AvgIpc) is 3.05. The summed E-state index contributed by atoms with van der Waals surface area (Å²) < 4.78 is 13.6. The fourth-order valence-electron chi connectivity index (χ4n) is 3.40. The molecule has 29 heavy (non-hydrogen) atoms. The third-order valence-electron chi connectivity index (χ3n) is 5.03. The van der Waals surface area contributed by atoms with E-state index in [1.807, 2.05) is 0 Å². The number of pyridine rings is 1. The molecule has 0 spiro atoms. The SMILES string of the molecule is Nc1nc2sc(C(=O)NCCc3ccc(N4CCNCC4)cc3)c(N)c2cc1F. The smallest absolute Gasteiger partial charge is 0.263 e. The molecule has 0 unspecified atom stereocenters. The second-order valence-electron chi connectivity index (χ2n) is 6.96. The van der Waals surface area contributed by atoms with Crippen molar-refractivity contribution in [2.75, 3.05) is 49.1 Å². The van der Waals surface area contributed by atoms with Crippen LogP contribution in [0.4, 0.5) is 21.6 Å². The maximum Gasteiger partial charge on any atom is 0.263 e. The predicted octanol–water partition coefficient (Wildman–Crippen LogP) is 1.98. The number of benzene rings is 1. The number of nitrogens with zero attached hydrogens (tertiary/aromatic N) is 2. The molecule has 7 nitrogen and oxygen atoms in total. The van der Waals surface area contributed by atoms with Gasteiger partial charge in [-0.05, 0) is 30.2 Å². The van der Waals surface area contributed by atoms with Gasteiger partial charge < -0.3 is 27.0 Å². The van der Waals surface area contributed by atoms with Crippen LogP contribution >= 0.6 is 11.3 Å². The molecule has 6 N–H and O–H groups in total. The first-order chi connectivity index (χ1) is 14.0. The summed E-state index contributed by atoms with van der Waals surface area (Å²) in [4.78, 5) is 19.6. The van der Waals surface area contributed by atoms with Gasteiger partial charge in [0.25, 0.3) is 5.91 Å². The Morgan fingerprint density at radius 3 is 2.69 bits per heavy atom. The Hall–Kier alpha value is -2.91. The van der Waals surface area contributed by atoms with Gasteiger partial charge in [-0.1, -0.05) is 12.1 Å². The normalized spacial score (nSPS) is 14.3. The number of halogens is 1. The molecule has 2 aromatic heterocycles. The van der Waals surface area contributed by atoms with Gasteiger partial charge in [0.05, 0.1) is 5.69 Å². The van der Waals surface area contributed by atoms with E-state index in [1.54, 1.807) is 0 Å². The zero-order valence-corrected chi connectivity index (χ0v) is 16.7. The fourth-order valence-corrected chi connectivity index (χ4v) is 4.40. The molecular weight excluding hydrogens is 391 g/mol. The van der Waals surface area contributed by atoms with Crippen LogP contribution in [0.3, 0.4) is 0 Å². The van der Waals surface area contributed by atoms with Crippen LogP contribution in [0.1, 0.15) is 15.2 Å². The van der Waals surface area contributed by atoms with Gasteiger partial charge >= 0.3 is 0 Å². The molecular formula is C20H23FN6OS. The number of piperazine rings is 1. The topological polar surface area (TPSA) is 109 Å². The van der Waals surface area contributed by atoms with Crippen LogP contribution in [0.25, 0.3) is 10.2 Å². The summed E-state index contributed by atoms with van der Waals surface area (Å²) >= 11 is 1.11. The molecule has 1 aliphatic rings. The van der Waals surface area contributed by atoms with E-state index in [9.17, 15) is 9.18 Å². The van der Waals surface area contributed by atoms with Gasteiger partial charge in [0, 0.05) is 43.8 Å². The van der Waals surface area contributed by atoms with Crippen molar-refractivity contribution in [3.8, 4) is 0 Å². The number of nitrogens with two attached hydrogens (primary N) is 2. The van der Waals surface area contributed by atoms with E-state index in [4.69, 9.17) is 11.5 Å². The molecule has 9 heteroatoms. The number of fused-ring (bicyclic) bond motifs is 1. The molecule has 152 valence electrons. The number of hydrogen-bond donors (Lipinski definition) is 4. The molecule has 1 saturated heterocycles. The summed E-state index contributed by atoms with van der Waals surface area (Å²) in [5, 5.41) is 6.64. The number of rotatable bonds is 5. The second-order valence-corrected chi connectivity index (χ2v) is 7.96. The monoisotopic (exact) mass is 414 g/mol. The van der Waals surface area contributed by atoms with Gasteiger partial charge in [-0.3, -0.25) is 4.79 Å². The first-order valence-electron chi connectivity index (χ1n) is 9.49. The Morgan fingerprint density at radius 2 is 1.97 bits per heavy atom. The summed E-state index contributed by atoms with van der Waals surface area (Å²) in [7, 11) is 0. The van der Waals surface area contributed by atoms with Crippen LogP contribution in [-0.2, 0) is 6.42 Å². The Kier molecular flexibility index (Phi) is 5.50. The maximum absolute atomic E-state index is 13.6. The van der Waals surface area contributed by atoms with Crippen molar-refractivity contribution in [3.05, 3.63) is 46.6 Å². The number of anilines is 3. The Labute approximate surface area is 171 Å². The van der Waals surface area contributed by atoms with E-state index >= 15 is 0 Å². The highest BCUT2D eigenvalue weighted by Gasteiger charge is 2.18. The van der Waals surface area contributed by atoms with Crippen LogP contribution in [0.15, 0.2) is 30.3 Å². The van der Waals surface area contributed by atoms with Crippen molar-refractivity contribution in [2.45, 2.75) is 6.42 Å². The Bertz CT molecular complexity index is 1030. The highest BCUT2D eigenvalue weighted by Crippen LogP contribution is 2.33. The first kappa shape index (κ1) is 19.4. The molecule has 3 aromatic rings. The van der Waals surface area contributed by atoms with Gasteiger partial charge in [-0.2, -0.15) is 0 Å². The molecule has 1 aromatic carbocycles. The van der Waals surface area contributed by atoms with Gasteiger partial charge in [0.15, 0.2) is 11.6 Å². The molecule has 0 aliphatic carbocycles. The quantitative estimate of drug-likeness (QED) is 0.508. The van der Waals surface area contributed by atoms with Gasteiger partial charge in [0.2, 0.25) is 0 Å². The maximum atomic E-state index is 13.6. The van der Waals surface area contributed by atoms with Gasteiger partial charge in [-0.25, -0.2) is 9.37 Å². The van der Waals surface area contributed by atoms with Crippen LogP contribution in [-0.4, -0.2) is 43.6 Å². The third-order valence-corrected chi connectivity index (χ3v) is 6.14. The Balaban J connectivity index is 1.36. The van der Waals surface area contributed by atoms with E-state index in [2.05, 4.69) is 44.8 Å². The van der Waals surface area contributed by atoms with Crippen LogP contribution in [0.5, 0.6) is 0 Å². The predicted molar refractivity (Wildman–Crippen MR) is 116 cm³/mol. The lowest BCUT2D eigenvalue weighted by Gasteiger charge is -2.29. The molecule has 1 aliphatic heterocycles. The van der Waals surface area contributed by atoms with Crippen molar-refractivity contribution in [2.24, 2.45) is 0 Å². The average molecular weight is 415 g/mol. The number of nitrogen functional groups attached to an aromatic ring is 2. The lowest BCUT2D eigenvalue weighted by atomic mass is 10.1. The number of carbonyl (C=O) groups excluding carboxylic acids is 1. The van der Waals surface area contributed by atoms with Crippen molar-refractivity contribution in [1.29, 1.82) is 0 Å². The number of amides is 1. The second kappa shape index (κ2) is 8.22. The van der Waals surface area contributed by atoms with Crippen LogP contribution < -0.4 is 27.0 Å². The molecule has 0 atom stereocenters. The minimum Gasteiger partial charge on any atom is -0.397 e. The molecule has 0 radical (unpaired) electrons. The van der Waals surface area contributed by atoms with Crippen molar-refractivity contribution >= 4 is 44.7 Å². The highest BCUT2D eigenvalue weighted by atomic mass is 32.1. The number of hydrogen-bond acceptors (Lipinski definition) is 7. The molecule has 4 rings (SSSR count). The van der Waals surface area contributed by atoms with E-state index < -0.39 is 5.82 Å². The minimum atomic E-state index is -0.641. The molecule has 1 fully saturated rings. The van der Waals surface area contributed by atoms with Crippen LogP contribution in [0, 0.1) is 5.82 Å². The lowest BCUT2D eigenvalue weighted by Crippen LogP contribution is -2.43. The largest absolute Gasteiger partial charge is 0.397 e. The summed E-state index contributed by atoms with van der Waals surface area (Å²) in [5.41, 5.74) is 14.1. The van der Waals surface area contributed by atoms with E-state index in [0.29, 0.717) is 28.1 Å². The first-order valence-corrected chi connectivity index (χ1v) is 10.3. The fraction of sp³-hybridized carbons (Fsp3) is 0.300. The molecule has 0 bridgehead atoms. The molecule has 0 saturated carbocycles. The number of nitrogens with one attached hydrogen (secondary N) is 2. The standard InChI is InChI=1S/C20H23FN6OS/c21-15-11-14-16(22)17(29-20(14)26-18(15)23)19(28)25-6-5-12-1-3-13(4-2-12)27-9-7-24-8-10-27/h1-4,11,24H,5-10,22H2,(H2,23,26)(H,25,28). The van der Waals surface area contributed by atoms with Crippen molar-refractivity contribution in [3.63, 3.8) is 0 Å². The van der Waals surface area contributed by atoms with E-state index in [1.165, 1.54) is 11.8 Å². The zero-order valence-electron chi connectivity index (χ0n) is 15.9. The molecule has 1 amide bonds. The summed E-state index contributed by atoms with van der Waals surface area (Å²) in [6, 6.07) is 9.65. The van der Waals surface area contributed by atoms with E-state index in [-0.39, 0.29) is 17.4 Å². The van der Waals surface area contributed by atoms with Crippen LogP contribution in [0.2, 0.25) is 0 Å². The number of carbonyl (C=O) groups is 1. The highest BCUT2D eigenvalue weighted by molar-refractivity contribution is 7.21. The summed E-state index contributed by atoms with van der Waals surface area (Å²) in [5.74, 6) is -1.13.